The molecule has 30 heavy (non-hydrogen) atoms. The molecular weight excluding hydrogens is 372 g/mol. The van der Waals surface area contributed by atoms with E-state index in [1.165, 1.54) is 5.39 Å². The molecular formula is C25H28N4O. The second kappa shape index (κ2) is 7.80. The van der Waals surface area contributed by atoms with E-state index in [1.54, 1.807) is 0 Å². The Morgan fingerprint density at radius 2 is 1.87 bits per heavy atom. The summed E-state index contributed by atoms with van der Waals surface area (Å²) >= 11 is 0. The molecule has 1 aromatic heterocycles. The summed E-state index contributed by atoms with van der Waals surface area (Å²) in [5.74, 6) is 0.495. The van der Waals surface area contributed by atoms with E-state index in [0.29, 0.717) is 12.0 Å². The molecule has 5 rings (SSSR count). The third kappa shape index (κ3) is 3.82. The number of nitrogens with one attached hydrogen (secondary N) is 1. The highest BCUT2D eigenvalue weighted by atomic mass is 16.1. The van der Waals surface area contributed by atoms with E-state index in [0.717, 1.165) is 72.1 Å². The van der Waals surface area contributed by atoms with E-state index in [4.69, 9.17) is 0 Å². The lowest BCUT2D eigenvalue weighted by atomic mass is 9.89. The number of aryl methyl sites for hydroxylation is 1. The summed E-state index contributed by atoms with van der Waals surface area (Å²) < 4.78 is 0. The number of hydrogen-bond donors (Lipinski definition) is 1. The van der Waals surface area contributed by atoms with Gasteiger partial charge < -0.3 is 10.2 Å². The monoisotopic (exact) mass is 400 g/mol. The Balaban J connectivity index is 1.49. The lowest BCUT2D eigenvalue weighted by Gasteiger charge is -2.28. The summed E-state index contributed by atoms with van der Waals surface area (Å²) in [6.45, 7) is 4.31. The van der Waals surface area contributed by atoms with Crippen LogP contribution in [0.5, 0.6) is 0 Å². The fourth-order valence-electron chi connectivity index (χ4n) is 4.43. The number of rotatable bonds is 4. The van der Waals surface area contributed by atoms with Crippen molar-refractivity contribution in [3.63, 3.8) is 0 Å². The average Bonchev–Trinajstić information content (AvgIpc) is 3.58. The van der Waals surface area contributed by atoms with Gasteiger partial charge in [-0.25, -0.2) is 0 Å². The van der Waals surface area contributed by atoms with Crippen LogP contribution in [0.4, 0.5) is 0 Å². The highest BCUT2D eigenvalue weighted by molar-refractivity contribution is 5.97. The Hall–Kier alpha value is -2.79. The van der Waals surface area contributed by atoms with Gasteiger partial charge in [-0.15, -0.1) is 0 Å². The average molecular weight is 401 g/mol. The minimum Gasteiger partial charge on any atom is -0.349 e. The zero-order chi connectivity index (χ0) is 20.7. The van der Waals surface area contributed by atoms with Gasteiger partial charge in [-0.2, -0.15) is 10.2 Å². The van der Waals surface area contributed by atoms with Crippen molar-refractivity contribution in [1.82, 2.24) is 20.4 Å². The third-order valence-electron chi connectivity index (χ3n) is 6.52. The number of benzene rings is 2. The van der Waals surface area contributed by atoms with Gasteiger partial charge in [0.15, 0.2) is 0 Å². The first-order valence-corrected chi connectivity index (χ1v) is 10.9. The van der Waals surface area contributed by atoms with E-state index in [-0.39, 0.29) is 5.91 Å². The van der Waals surface area contributed by atoms with Gasteiger partial charge >= 0.3 is 0 Å². The molecule has 0 radical (unpaired) electrons. The van der Waals surface area contributed by atoms with Gasteiger partial charge in [-0.3, -0.25) is 4.79 Å². The smallest absolute Gasteiger partial charge is 0.251 e. The molecule has 3 aromatic rings. The van der Waals surface area contributed by atoms with Crippen molar-refractivity contribution in [2.45, 2.75) is 44.6 Å². The number of nitrogens with zero attached hydrogens (tertiary/aromatic N) is 3. The zero-order valence-corrected chi connectivity index (χ0v) is 17.7. The predicted octanol–water partition coefficient (Wildman–Crippen LogP) is 4.31. The Kier molecular flexibility index (Phi) is 4.99. The molecule has 5 nitrogen and oxygen atoms in total. The minimum atomic E-state index is 0.0231. The molecule has 0 unspecified atom stereocenters. The molecule has 0 spiro atoms. The minimum absolute atomic E-state index is 0.0231. The maximum atomic E-state index is 12.5. The lowest BCUT2D eigenvalue weighted by molar-refractivity contribution is 0.0951. The van der Waals surface area contributed by atoms with Crippen LogP contribution in [0.15, 0.2) is 42.6 Å². The highest BCUT2D eigenvalue weighted by Gasteiger charge is 2.24. The number of amides is 1. The maximum absolute atomic E-state index is 12.5. The second-order valence-corrected chi connectivity index (χ2v) is 8.89. The van der Waals surface area contributed by atoms with Crippen molar-refractivity contribution in [1.29, 1.82) is 0 Å². The zero-order valence-electron chi connectivity index (χ0n) is 17.7. The van der Waals surface area contributed by atoms with Crippen LogP contribution in [0, 0.1) is 6.92 Å². The molecule has 0 bridgehead atoms. The van der Waals surface area contributed by atoms with E-state index in [1.807, 2.05) is 24.4 Å². The molecule has 2 heterocycles. The van der Waals surface area contributed by atoms with Crippen molar-refractivity contribution in [3.8, 4) is 11.1 Å². The Labute approximate surface area is 177 Å². The van der Waals surface area contributed by atoms with E-state index in [9.17, 15) is 4.79 Å². The van der Waals surface area contributed by atoms with E-state index < -0.39 is 0 Å². The molecule has 0 atom stereocenters. The number of piperidine rings is 1. The quantitative estimate of drug-likeness (QED) is 0.709. The Bertz CT molecular complexity index is 1100. The van der Waals surface area contributed by atoms with Gasteiger partial charge in [0.2, 0.25) is 0 Å². The van der Waals surface area contributed by atoms with E-state index >= 15 is 0 Å². The van der Waals surface area contributed by atoms with Gasteiger partial charge in [-0.05, 0) is 87.6 Å². The van der Waals surface area contributed by atoms with Crippen molar-refractivity contribution >= 4 is 16.7 Å². The predicted molar refractivity (Wildman–Crippen MR) is 120 cm³/mol. The SMILES string of the molecule is Cc1ccc(C(=O)NC2CC2)cc1-c1ccc2c(C3CCN(C)CC3)nncc2c1. The van der Waals surface area contributed by atoms with Crippen LogP contribution in [-0.4, -0.2) is 47.2 Å². The fraction of sp³-hybridized carbons (Fsp3) is 0.400. The topological polar surface area (TPSA) is 58.1 Å². The lowest BCUT2D eigenvalue weighted by Crippen LogP contribution is -2.29. The second-order valence-electron chi connectivity index (χ2n) is 8.89. The molecule has 1 aliphatic heterocycles. The van der Waals surface area contributed by atoms with Gasteiger partial charge in [0.05, 0.1) is 11.9 Å². The number of aromatic nitrogens is 2. The Morgan fingerprint density at radius 3 is 2.63 bits per heavy atom. The standard InChI is InChI=1S/C25H28N4O/c1-16-3-4-19(25(30)27-21-6-7-21)14-23(16)18-5-8-22-20(13-18)15-26-28-24(22)17-9-11-29(2)12-10-17/h3-5,8,13-15,17,21H,6-7,9-12H2,1-2H3,(H,27,30). The van der Waals surface area contributed by atoms with Gasteiger partial charge in [-0.1, -0.05) is 18.2 Å². The maximum Gasteiger partial charge on any atom is 0.251 e. The normalized spacial score (nSPS) is 17.9. The van der Waals surface area contributed by atoms with Crippen LogP contribution in [0.1, 0.15) is 53.2 Å². The molecule has 1 amide bonds. The first kappa shape index (κ1) is 19.2. The number of likely N-dealkylation sites (tertiary alicyclic amines) is 1. The van der Waals surface area contributed by atoms with Crippen molar-refractivity contribution in [2.75, 3.05) is 20.1 Å². The summed E-state index contributed by atoms with van der Waals surface area (Å²) in [5, 5.41) is 14.2. The highest BCUT2D eigenvalue weighted by Crippen LogP contribution is 2.33. The molecule has 1 saturated heterocycles. The molecule has 1 saturated carbocycles. The number of hydrogen-bond acceptors (Lipinski definition) is 4. The number of carbonyl (C=O) groups is 1. The first-order valence-electron chi connectivity index (χ1n) is 10.9. The molecule has 154 valence electrons. The molecule has 2 fully saturated rings. The van der Waals surface area contributed by atoms with E-state index in [2.05, 4.69) is 52.6 Å². The van der Waals surface area contributed by atoms with Gasteiger partial charge in [0.25, 0.3) is 5.91 Å². The van der Waals surface area contributed by atoms with Crippen molar-refractivity contribution in [3.05, 3.63) is 59.4 Å². The Morgan fingerprint density at radius 1 is 1.07 bits per heavy atom. The van der Waals surface area contributed by atoms with Crippen LogP contribution < -0.4 is 5.32 Å². The number of carbonyl (C=O) groups excluding carboxylic acids is 1. The van der Waals surface area contributed by atoms with Crippen LogP contribution in [-0.2, 0) is 0 Å². The van der Waals surface area contributed by atoms with Gasteiger partial charge in [0, 0.05) is 28.3 Å². The molecule has 1 aliphatic carbocycles. The van der Waals surface area contributed by atoms with Crippen LogP contribution in [0.2, 0.25) is 0 Å². The fourth-order valence-corrected chi connectivity index (χ4v) is 4.43. The number of fused-ring (bicyclic) bond motifs is 1. The van der Waals surface area contributed by atoms with Crippen LogP contribution in [0.25, 0.3) is 21.9 Å². The van der Waals surface area contributed by atoms with Gasteiger partial charge in [0.1, 0.15) is 0 Å². The summed E-state index contributed by atoms with van der Waals surface area (Å²) in [6.07, 6.45) is 6.30. The molecule has 1 N–H and O–H groups in total. The van der Waals surface area contributed by atoms with Crippen LogP contribution in [0.3, 0.4) is 0 Å². The summed E-state index contributed by atoms with van der Waals surface area (Å²) in [5.41, 5.74) is 5.22. The molecule has 5 heteroatoms. The summed E-state index contributed by atoms with van der Waals surface area (Å²) in [7, 11) is 2.18. The third-order valence-corrected chi connectivity index (χ3v) is 6.52. The van der Waals surface area contributed by atoms with Crippen LogP contribution >= 0.6 is 0 Å². The van der Waals surface area contributed by atoms with Crippen molar-refractivity contribution < 1.29 is 4.79 Å². The summed E-state index contributed by atoms with van der Waals surface area (Å²) in [4.78, 5) is 14.9. The van der Waals surface area contributed by atoms with Crippen molar-refractivity contribution in [2.24, 2.45) is 0 Å². The molecule has 2 aliphatic rings. The first-order chi connectivity index (χ1) is 14.6. The summed E-state index contributed by atoms with van der Waals surface area (Å²) in [6, 6.07) is 12.9. The largest absolute Gasteiger partial charge is 0.349 e. The molecule has 2 aromatic carbocycles.